The maximum Gasteiger partial charge on any atom is 0.315 e. The van der Waals surface area contributed by atoms with Crippen LogP contribution in [0.1, 0.15) is 23.1 Å². The molecule has 2 amide bonds. The lowest BCUT2D eigenvalue weighted by atomic mass is 10.1. The van der Waals surface area contributed by atoms with E-state index >= 15 is 0 Å². The van der Waals surface area contributed by atoms with Crippen LogP contribution < -0.4 is 20.1 Å². The van der Waals surface area contributed by atoms with Crippen molar-refractivity contribution >= 4 is 6.03 Å². The lowest BCUT2D eigenvalue weighted by molar-refractivity contribution is 0.238. The van der Waals surface area contributed by atoms with Crippen LogP contribution in [-0.2, 0) is 6.54 Å². The normalized spacial score (nSPS) is 10.2. The molecule has 2 rings (SSSR count). The fourth-order valence-electron chi connectivity index (χ4n) is 2.46. The van der Waals surface area contributed by atoms with Gasteiger partial charge in [0.1, 0.15) is 11.5 Å². The van der Waals surface area contributed by atoms with E-state index < -0.39 is 0 Å². The zero-order valence-corrected chi connectivity index (χ0v) is 15.1. The average molecular weight is 342 g/mol. The van der Waals surface area contributed by atoms with Gasteiger partial charge in [0.25, 0.3) is 0 Å². The molecule has 0 unspecified atom stereocenters. The van der Waals surface area contributed by atoms with Gasteiger partial charge in [-0.2, -0.15) is 0 Å². The molecule has 0 saturated carbocycles. The first-order valence-electron chi connectivity index (χ1n) is 8.44. The number of nitrogens with one attached hydrogen (secondary N) is 2. The summed E-state index contributed by atoms with van der Waals surface area (Å²) in [4.78, 5) is 11.8. The van der Waals surface area contributed by atoms with E-state index in [2.05, 4.69) is 10.6 Å². The number of hydrogen-bond acceptors (Lipinski definition) is 3. The van der Waals surface area contributed by atoms with Crippen LogP contribution in [0.2, 0.25) is 0 Å². The van der Waals surface area contributed by atoms with Crippen molar-refractivity contribution in [3.05, 3.63) is 59.2 Å². The zero-order chi connectivity index (χ0) is 18.1. The third-order valence-corrected chi connectivity index (χ3v) is 3.87. The summed E-state index contributed by atoms with van der Waals surface area (Å²) in [5.41, 5.74) is 3.28. The van der Waals surface area contributed by atoms with E-state index in [0.717, 1.165) is 34.6 Å². The number of carbonyl (C=O) groups excluding carboxylic acids is 1. The molecule has 0 fully saturated rings. The van der Waals surface area contributed by atoms with Gasteiger partial charge in [0.15, 0.2) is 0 Å². The average Bonchev–Trinajstić information content (AvgIpc) is 2.62. The number of methoxy groups -OCH3 is 1. The van der Waals surface area contributed by atoms with Gasteiger partial charge in [-0.05, 0) is 49.1 Å². The molecular formula is C20H26N2O3. The second kappa shape index (κ2) is 9.57. The van der Waals surface area contributed by atoms with Crippen LogP contribution in [-0.4, -0.2) is 26.3 Å². The highest BCUT2D eigenvalue weighted by atomic mass is 16.5. The molecule has 2 N–H and O–H groups in total. The van der Waals surface area contributed by atoms with Gasteiger partial charge in [0.05, 0.1) is 13.7 Å². The predicted octanol–water partition coefficient (Wildman–Crippen LogP) is 3.58. The Labute approximate surface area is 149 Å². The van der Waals surface area contributed by atoms with Crippen molar-refractivity contribution in [3.63, 3.8) is 0 Å². The van der Waals surface area contributed by atoms with Gasteiger partial charge in [0, 0.05) is 13.1 Å². The van der Waals surface area contributed by atoms with Crippen molar-refractivity contribution in [3.8, 4) is 11.5 Å². The summed E-state index contributed by atoms with van der Waals surface area (Å²) in [6.07, 6.45) is 0.754. The first-order valence-corrected chi connectivity index (χ1v) is 8.44. The molecule has 0 spiro atoms. The third-order valence-electron chi connectivity index (χ3n) is 3.87. The van der Waals surface area contributed by atoms with E-state index in [0.29, 0.717) is 19.7 Å². The van der Waals surface area contributed by atoms with Crippen LogP contribution in [0.5, 0.6) is 11.5 Å². The predicted molar refractivity (Wildman–Crippen MR) is 99.3 cm³/mol. The van der Waals surface area contributed by atoms with E-state index in [4.69, 9.17) is 9.47 Å². The molecule has 0 heterocycles. The molecular weight excluding hydrogens is 316 g/mol. The molecule has 0 radical (unpaired) electrons. The second-order valence-electron chi connectivity index (χ2n) is 5.88. The third kappa shape index (κ3) is 6.03. The Balaban J connectivity index is 1.62. The van der Waals surface area contributed by atoms with E-state index in [-0.39, 0.29) is 6.03 Å². The van der Waals surface area contributed by atoms with E-state index in [1.807, 2.05) is 56.3 Å². The van der Waals surface area contributed by atoms with Crippen LogP contribution in [0.3, 0.4) is 0 Å². The Hall–Kier alpha value is -2.69. The fourth-order valence-corrected chi connectivity index (χ4v) is 2.46. The molecule has 0 aromatic heterocycles. The highest BCUT2D eigenvalue weighted by Gasteiger charge is 2.04. The van der Waals surface area contributed by atoms with Crippen LogP contribution in [0.15, 0.2) is 42.5 Å². The van der Waals surface area contributed by atoms with Crippen LogP contribution >= 0.6 is 0 Å². The monoisotopic (exact) mass is 342 g/mol. The van der Waals surface area contributed by atoms with Crippen molar-refractivity contribution in [1.29, 1.82) is 0 Å². The minimum atomic E-state index is -0.178. The summed E-state index contributed by atoms with van der Waals surface area (Å²) < 4.78 is 10.9. The van der Waals surface area contributed by atoms with Crippen molar-refractivity contribution in [1.82, 2.24) is 10.6 Å². The number of ether oxygens (including phenoxy) is 2. The molecule has 134 valence electrons. The van der Waals surface area contributed by atoms with Crippen LogP contribution in [0, 0.1) is 13.8 Å². The largest absolute Gasteiger partial charge is 0.497 e. The number of para-hydroxylation sites is 1. The van der Waals surface area contributed by atoms with Gasteiger partial charge in [0.2, 0.25) is 0 Å². The number of rotatable bonds is 8. The SMILES string of the molecule is COc1ccc(CNC(=O)NCCCOc2c(C)cccc2C)cc1. The number of carbonyl (C=O) groups is 1. The van der Waals surface area contributed by atoms with Gasteiger partial charge in [-0.1, -0.05) is 30.3 Å². The molecule has 25 heavy (non-hydrogen) atoms. The lowest BCUT2D eigenvalue weighted by Crippen LogP contribution is -2.36. The smallest absolute Gasteiger partial charge is 0.315 e. The fraction of sp³-hybridized carbons (Fsp3) is 0.350. The summed E-state index contributed by atoms with van der Waals surface area (Å²) in [5.74, 6) is 1.74. The minimum absolute atomic E-state index is 0.178. The highest BCUT2D eigenvalue weighted by molar-refractivity contribution is 5.73. The molecule has 0 aliphatic rings. The van der Waals surface area contributed by atoms with E-state index in [1.54, 1.807) is 7.11 Å². The molecule has 5 heteroatoms. The summed E-state index contributed by atoms with van der Waals surface area (Å²) in [6.45, 7) is 5.69. The standard InChI is InChI=1S/C20H26N2O3/c1-15-6-4-7-16(2)19(15)25-13-5-12-21-20(23)22-14-17-8-10-18(24-3)11-9-17/h4,6-11H,5,12-14H2,1-3H3,(H2,21,22,23). The summed E-state index contributed by atoms with van der Waals surface area (Å²) in [7, 11) is 1.63. The molecule has 0 aliphatic heterocycles. The summed E-state index contributed by atoms with van der Waals surface area (Å²) in [6, 6.07) is 13.5. The lowest BCUT2D eigenvalue weighted by Gasteiger charge is -2.12. The molecule has 0 bridgehead atoms. The summed E-state index contributed by atoms with van der Waals surface area (Å²) >= 11 is 0. The van der Waals surface area contributed by atoms with Gasteiger partial charge in [-0.25, -0.2) is 4.79 Å². The quantitative estimate of drug-likeness (QED) is 0.721. The Kier molecular flexibility index (Phi) is 7.14. The van der Waals surface area contributed by atoms with Crippen LogP contribution in [0.4, 0.5) is 4.79 Å². The van der Waals surface area contributed by atoms with Crippen molar-refractivity contribution < 1.29 is 14.3 Å². The second-order valence-corrected chi connectivity index (χ2v) is 5.88. The van der Waals surface area contributed by atoms with Crippen LogP contribution in [0.25, 0.3) is 0 Å². The number of urea groups is 1. The Morgan fingerprint density at radius 2 is 1.68 bits per heavy atom. The van der Waals surface area contributed by atoms with E-state index in [1.165, 1.54) is 0 Å². The van der Waals surface area contributed by atoms with Gasteiger partial charge >= 0.3 is 6.03 Å². The number of amides is 2. The van der Waals surface area contributed by atoms with Gasteiger partial charge in [-0.15, -0.1) is 0 Å². The number of hydrogen-bond donors (Lipinski definition) is 2. The van der Waals surface area contributed by atoms with Crippen molar-refractivity contribution in [2.45, 2.75) is 26.8 Å². The Bertz CT molecular complexity index is 664. The number of benzene rings is 2. The molecule has 2 aromatic carbocycles. The van der Waals surface area contributed by atoms with Crippen molar-refractivity contribution in [2.24, 2.45) is 0 Å². The van der Waals surface area contributed by atoms with Gasteiger partial charge < -0.3 is 20.1 Å². The molecule has 2 aromatic rings. The molecule has 0 saturated heterocycles. The Morgan fingerprint density at radius 3 is 2.32 bits per heavy atom. The molecule has 0 atom stereocenters. The first-order chi connectivity index (χ1) is 12.1. The van der Waals surface area contributed by atoms with Gasteiger partial charge in [-0.3, -0.25) is 0 Å². The maximum absolute atomic E-state index is 11.8. The number of aryl methyl sites for hydroxylation is 2. The minimum Gasteiger partial charge on any atom is -0.497 e. The topological polar surface area (TPSA) is 59.6 Å². The maximum atomic E-state index is 11.8. The van der Waals surface area contributed by atoms with E-state index in [9.17, 15) is 4.79 Å². The van der Waals surface area contributed by atoms with Crippen molar-refractivity contribution in [2.75, 3.05) is 20.3 Å². The highest BCUT2D eigenvalue weighted by Crippen LogP contribution is 2.22. The zero-order valence-electron chi connectivity index (χ0n) is 15.1. The molecule has 5 nitrogen and oxygen atoms in total. The first kappa shape index (κ1) is 18.6. The Morgan fingerprint density at radius 1 is 1.00 bits per heavy atom. The molecule has 0 aliphatic carbocycles. The summed E-state index contributed by atoms with van der Waals surface area (Å²) in [5, 5.41) is 5.67.